The van der Waals surface area contributed by atoms with Crippen LogP contribution in [-0.2, 0) is 25.7 Å². The Kier molecular flexibility index (Phi) is 8.90. The number of esters is 1. The van der Waals surface area contributed by atoms with E-state index in [0.29, 0.717) is 44.4 Å². The molecule has 0 N–H and O–H groups in total. The van der Waals surface area contributed by atoms with E-state index in [1.54, 1.807) is 12.0 Å². The molecule has 172 valence electrons. The molecule has 0 aliphatic carbocycles. The summed E-state index contributed by atoms with van der Waals surface area (Å²) in [5.74, 6) is 0.0908. The Morgan fingerprint density at radius 3 is 2.41 bits per heavy atom. The van der Waals surface area contributed by atoms with Gasteiger partial charge >= 0.3 is 5.97 Å². The topological polar surface area (TPSA) is 68.3 Å². The van der Waals surface area contributed by atoms with Crippen molar-refractivity contribution >= 4 is 23.5 Å². The van der Waals surface area contributed by atoms with Crippen LogP contribution in [0.3, 0.4) is 0 Å². The van der Waals surface area contributed by atoms with Gasteiger partial charge in [-0.25, -0.2) is 0 Å². The fourth-order valence-electron chi connectivity index (χ4n) is 3.61. The van der Waals surface area contributed by atoms with Crippen LogP contribution in [0, 0.1) is 0 Å². The van der Waals surface area contributed by atoms with Gasteiger partial charge in [0.15, 0.2) is 0 Å². The highest BCUT2D eigenvalue weighted by Gasteiger charge is 2.25. The lowest BCUT2D eigenvalue weighted by Crippen LogP contribution is -2.50. The van der Waals surface area contributed by atoms with E-state index in [1.807, 2.05) is 48.5 Å². The molecule has 0 bridgehead atoms. The highest BCUT2D eigenvalue weighted by atomic mass is 35.5. The number of piperazine rings is 1. The van der Waals surface area contributed by atoms with Crippen molar-refractivity contribution < 1.29 is 23.8 Å². The van der Waals surface area contributed by atoms with Gasteiger partial charge in [0, 0.05) is 37.7 Å². The minimum absolute atomic E-state index is 0.157. The lowest BCUT2D eigenvalue weighted by molar-refractivity contribution is -0.147. The van der Waals surface area contributed by atoms with E-state index in [-0.39, 0.29) is 18.4 Å². The Labute approximate surface area is 193 Å². The highest BCUT2D eigenvalue weighted by molar-refractivity contribution is 6.30. The molecule has 1 unspecified atom stereocenters. The summed E-state index contributed by atoms with van der Waals surface area (Å²) in [5.41, 5.74) is 2.07. The number of halogens is 1. The number of nitrogens with zero attached hydrogens (tertiary/aromatic N) is 2. The Morgan fingerprint density at radius 2 is 1.75 bits per heavy atom. The minimum atomic E-state index is -0.508. The molecule has 2 aromatic carbocycles. The second kappa shape index (κ2) is 11.9. The molecular weight excluding hydrogens is 432 g/mol. The van der Waals surface area contributed by atoms with Gasteiger partial charge in [-0.05, 0) is 35.4 Å². The molecular formula is C24H29ClN2O5. The zero-order valence-corrected chi connectivity index (χ0v) is 19.2. The van der Waals surface area contributed by atoms with Crippen LogP contribution in [-0.4, -0.2) is 68.6 Å². The van der Waals surface area contributed by atoms with Gasteiger partial charge in [0.25, 0.3) is 0 Å². The van der Waals surface area contributed by atoms with Gasteiger partial charge in [-0.1, -0.05) is 35.9 Å². The molecule has 0 radical (unpaired) electrons. The third-order valence-electron chi connectivity index (χ3n) is 5.50. The Bertz CT molecular complexity index is 898. The number of carbonyl (C=O) groups excluding carboxylic acids is 2. The maximum atomic E-state index is 12.2. The fraction of sp³-hybridized carbons (Fsp3) is 0.417. The van der Waals surface area contributed by atoms with Gasteiger partial charge < -0.3 is 19.1 Å². The first-order chi connectivity index (χ1) is 15.5. The molecule has 1 saturated heterocycles. The summed E-state index contributed by atoms with van der Waals surface area (Å²) in [5, 5.41) is 0.679. The van der Waals surface area contributed by atoms with Crippen LogP contribution >= 0.6 is 11.6 Å². The van der Waals surface area contributed by atoms with Crippen molar-refractivity contribution in [1.29, 1.82) is 0 Å². The van der Waals surface area contributed by atoms with Crippen molar-refractivity contribution in [2.24, 2.45) is 0 Å². The fourth-order valence-corrected chi connectivity index (χ4v) is 3.74. The molecule has 3 rings (SSSR count). The highest BCUT2D eigenvalue weighted by Crippen LogP contribution is 2.24. The summed E-state index contributed by atoms with van der Waals surface area (Å²) in [6.07, 6.45) is -0.371. The molecule has 2 aromatic rings. The molecule has 1 aliphatic rings. The second-order valence-corrected chi connectivity index (χ2v) is 8.07. The van der Waals surface area contributed by atoms with E-state index in [4.69, 9.17) is 21.1 Å². The van der Waals surface area contributed by atoms with Crippen LogP contribution in [0.4, 0.5) is 0 Å². The van der Waals surface area contributed by atoms with E-state index in [1.165, 1.54) is 7.11 Å². The van der Waals surface area contributed by atoms with Crippen molar-refractivity contribution in [3.63, 3.8) is 0 Å². The number of hydrogen-bond donors (Lipinski definition) is 0. The maximum absolute atomic E-state index is 12.2. The van der Waals surface area contributed by atoms with Gasteiger partial charge in [0.05, 0.1) is 26.9 Å². The first kappa shape index (κ1) is 24.0. The average Bonchev–Trinajstić information content (AvgIpc) is 2.82. The summed E-state index contributed by atoms with van der Waals surface area (Å²) < 4.78 is 16.2. The predicted molar refractivity (Wildman–Crippen MR) is 122 cm³/mol. The smallest absolute Gasteiger partial charge is 0.315 e. The lowest BCUT2D eigenvalue weighted by Gasteiger charge is -2.36. The van der Waals surface area contributed by atoms with Crippen molar-refractivity contribution in [2.75, 3.05) is 46.9 Å². The molecule has 32 heavy (non-hydrogen) atoms. The summed E-state index contributed by atoms with van der Waals surface area (Å²) in [6.45, 7) is 3.68. The summed E-state index contributed by atoms with van der Waals surface area (Å²) in [4.78, 5) is 27.6. The number of ether oxygens (including phenoxy) is 3. The second-order valence-electron chi connectivity index (χ2n) is 7.64. The largest absolute Gasteiger partial charge is 0.497 e. The molecule has 1 fully saturated rings. The van der Waals surface area contributed by atoms with Crippen LogP contribution in [0.1, 0.15) is 23.7 Å². The van der Waals surface area contributed by atoms with E-state index in [9.17, 15) is 9.59 Å². The zero-order valence-electron chi connectivity index (χ0n) is 18.5. The predicted octanol–water partition coefficient (Wildman–Crippen LogP) is 3.31. The molecule has 1 aliphatic heterocycles. The van der Waals surface area contributed by atoms with Crippen molar-refractivity contribution in [3.05, 3.63) is 64.7 Å². The van der Waals surface area contributed by atoms with Crippen molar-refractivity contribution in [3.8, 4) is 5.75 Å². The van der Waals surface area contributed by atoms with Gasteiger partial charge in [-0.2, -0.15) is 0 Å². The maximum Gasteiger partial charge on any atom is 0.315 e. The quantitative estimate of drug-likeness (QED) is 0.422. The normalized spacial score (nSPS) is 15.3. The number of benzene rings is 2. The number of amides is 1. The first-order valence-corrected chi connectivity index (χ1v) is 10.9. The zero-order chi connectivity index (χ0) is 22.9. The number of hydrogen-bond acceptors (Lipinski definition) is 6. The van der Waals surface area contributed by atoms with Gasteiger partial charge in [-0.3, -0.25) is 14.5 Å². The lowest BCUT2D eigenvalue weighted by atomic mass is 10.1. The standard InChI is InChI=1S/C24H29ClN2O5/c1-30-21-5-3-4-18(14-21)17-32-22(19-6-8-20(25)9-7-19)16-26-10-12-27(13-11-26)23(28)15-24(29)31-2/h3-9,14,22H,10-13,15-17H2,1-2H3. The van der Waals surface area contributed by atoms with Gasteiger partial charge in [0.2, 0.25) is 5.91 Å². The van der Waals surface area contributed by atoms with Crippen LogP contribution in [0.5, 0.6) is 5.75 Å². The first-order valence-electron chi connectivity index (χ1n) is 10.6. The van der Waals surface area contributed by atoms with Gasteiger partial charge in [-0.15, -0.1) is 0 Å². The van der Waals surface area contributed by atoms with Gasteiger partial charge in [0.1, 0.15) is 12.2 Å². The summed E-state index contributed by atoms with van der Waals surface area (Å²) >= 11 is 6.07. The Morgan fingerprint density at radius 1 is 1.03 bits per heavy atom. The number of carbonyl (C=O) groups is 2. The Hall–Kier alpha value is -2.61. The van der Waals surface area contributed by atoms with Crippen molar-refractivity contribution in [1.82, 2.24) is 9.80 Å². The van der Waals surface area contributed by atoms with E-state index < -0.39 is 5.97 Å². The number of rotatable bonds is 9. The monoisotopic (exact) mass is 460 g/mol. The Balaban J connectivity index is 1.61. The molecule has 1 amide bonds. The molecule has 0 saturated carbocycles. The van der Waals surface area contributed by atoms with E-state index in [2.05, 4.69) is 9.64 Å². The molecule has 0 aromatic heterocycles. The van der Waals surface area contributed by atoms with Crippen LogP contribution in [0.15, 0.2) is 48.5 Å². The SMILES string of the molecule is COC(=O)CC(=O)N1CCN(CC(OCc2cccc(OC)c2)c2ccc(Cl)cc2)CC1. The van der Waals surface area contributed by atoms with Crippen LogP contribution in [0.2, 0.25) is 5.02 Å². The molecule has 1 heterocycles. The molecule has 7 nitrogen and oxygen atoms in total. The van der Waals surface area contributed by atoms with Crippen molar-refractivity contribution in [2.45, 2.75) is 19.1 Å². The third kappa shape index (κ3) is 6.95. The average molecular weight is 461 g/mol. The molecule has 1 atom stereocenters. The number of methoxy groups -OCH3 is 2. The summed E-state index contributed by atoms with van der Waals surface area (Å²) in [7, 11) is 2.93. The van der Waals surface area contributed by atoms with Crippen LogP contribution < -0.4 is 4.74 Å². The summed E-state index contributed by atoms with van der Waals surface area (Å²) in [6, 6.07) is 15.5. The van der Waals surface area contributed by atoms with E-state index in [0.717, 1.165) is 16.9 Å². The van der Waals surface area contributed by atoms with Crippen LogP contribution in [0.25, 0.3) is 0 Å². The minimum Gasteiger partial charge on any atom is -0.497 e. The third-order valence-corrected chi connectivity index (χ3v) is 5.75. The molecule has 0 spiro atoms. The van der Waals surface area contributed by atoms with E-state index >= 15 is 0 Å². The molecule has 8 heteroatoms.